The molecule has 0 spiro atoms. The lowest BCUT2D eigenvalue weighted by Gasteiger charge is -2.15. The van der Waals surface area contributed by atoms with Crippen LogP contribution in [0.4, 0.5) is 0 Å². The van der Waals surface area contributed by atoms with Gasteiger partial charge in [-0.25, -0.2) is 9.97 Å². The number of nitrogens with zero attached hydrogens (tertiary/aromatic N) is 4. The first kappa shape index (κ1) is 16.6. The molecule has 130 valence electrons. The third-order valence-electron chi connectivity index (χ3n) is 4.76. The summed E-state index contributed by atoms with van der Waals surface area (Å²) in [7, 11) is 0. The molecular weight excluding hydrogens is 320 g/mol. The Morgan fingerprint density at radius 1 is 0.769 bits per heavy atom. The molecule has 0 aliphatic carbocycles. The van der Waals surface area contributed by atoms with E-state index in [0.717, 1.165) is 38.9 Å². The predicted molar refractivity (Wildman–Crippen MR) is 106 cm³/mol. The van der Waals surface area contributed by atoms with Crippen molar-refractivity contribution in [3.05, 3.63) is 60.0 Å². The molecule has 4 nitrogen and oxygen atoms in total. The summed E-state index contributed by atoms with van der Waals surface area (Å²) in [6.07, 6.45) is 5.40. The van der Waals surface area contributed by atoms with Crippen LogP contribution in [0.1, 0.15) is 50.7 Å². The van der Waals surface area contributed by atoms with E-state index in [1.165, 1.54) is 5.56 Å². The number of benzene rings is 2. The monoisotopic (exact) mass is 342 g/mol. The molecule has 2 aromatic heterocycles. The van der Waals surface area contributed by atoms with Crippen molar-refractivity contribution in [2.75, 3.05) is 0 Å². The highest BCUT2D eigenvalue weighted by atomic mass is 14.9. The van der Waals surface area contributed by atoms with E-state index in [1.54, 1.807) is 12.4 Å². The summed E-state index contributed by atoms with van der Waals surface area (Å²) in [4.78, 5) is 18.6. The van der Waals surface area contributed by atoms with E-state index in [0.29, 0.717) is 11.8 Å². The van der Waals surface area contributed by atoms with Crippen LogP contribution in [0.15, 0.2) is 48.9 Å². The van der Waals surface area contributed by atoms with E-state index in [4.69, 9.17) is 4.98 Å². The van der Waals surface area contributed by atoms with Crippen LogP contribution in [-0.2, 0) is 0 Å². The van der Waals surface area contributed by atoms with Gasteiger partial charge < -0.3 is 0 Å². The maximum absolute atomic E-state index is 4.96. The SMILES string of the molecule is CC(C)c1cccc2cnc(-c3ccc4nccnc4c3C(C)C)nc12. The maximum atomic E-state index is 4.96. The quantitative estimate of drug-likeness (QED) is 0.494. The van der Waals surface area contributed by atoms with Gasteiger partial charge in [0.25, 0.3) is 0 Å². The molecule has 26 heavy (non-hydrogen) atoms. The van der Waals surface area contributed by atoms with Crippen molar-refractivity contribution in [3.63, 3.8) is 0 Å². The van der Waals surface area contributed by atoms with Gasteiger partial charge in [0.1, 0.15) is 0 Å². The Kier molecular flexibility index (Phi) is 4.11. The van der Waals surface area contributed by atoms with E-state index in [-0.39, 0.29) is 0 Å². The molecule has 0 saturated heterocycles. The van der Waals surface area contributed by atoms with Gasteiger partial charge in [0.2, 0.25) is 0 Å². The third kappa shape index (κ3) is 2.71. The fourth-order valence-electron chi connectivity index (χ4n) is 3.51. The zero-order valence-corrected chi connectivity index (χ0v) is 15.6. The zero-order chi connectivity index (χ0) is 18.3. The summed E-state index contributed by atoms with van der Waals surface area (Å²) < 4.78 is 0. The average molecular weight is 342 g/mol. The Bertz CT molecular complexity index is 1100. The first-order valence-corrected chi connectivity index (χ1v) is 9.06. The molecule has 0 bridgehead atoms. The van der Waals surface area contributed by atoms with Crippen LogP contribution >= 0.6 is 0 Å². The average Bonchev–Trinajstić information content (AvgIpc) is 2.65. The smallest absolute Gasteiger partial charge is 0.160 e. The van der Waals surface area contributed by atoms with E-state index < -0.39 is 0 Å². The van der Waals surface area contributed by atoms with Crippen LogP contribution in [0.5, 0.6) is 0 Å². The number of rotatable bonds is 3. The summed E-state index contributed by atoms with van der Waals surface area (Å²) >= 11 is 0. The molecule has 0 aliphatic heterocycles. The first-order chi connectivity index (χ1) is 12.6. The largest absolute Gasteiger partial charge is 0.253 e. The summed E-state index contributed by atoms with van der Waals surface area (Å²) in [5.74, 6) is 1.46. The number of hydrogen-bond donors (Lipinski definition) is 0. The highest BCUT2D eigenvalue weighted by Crippen LogP contribution is 2.33. The molecule has 0 aliphatic rings. The van der Waals surface area contributed by atoms with Crippen LogP contribution in [0.25, 0.3) is 33.3 Å². The molecule has 0 atom stereocenters. The third-order valence-corrected chi connectivity index (χ3v) is 4.76. The van der Waals surface area contributed by atoms with Gasteiger partial charge >= 0.3 is 0 Å². The van der Waals surface area contributed by atoms with Gasteiger partial charge in [0.05, 0.1) is 16.6 Å². The van der Waals surface area contributed by atoms with Gasteiger partial charge in [-0.3, -0.25) is 9.97 Å². The minimum absolute atomic E-state index is 0.296. The van der Waals surface area contributed by atoms with Crippen molar-refractivity contribution in [2.45, 2.75) is 39.5 Å². The molecule has 0 amide bonds. The number of para-hydroxylation sites is 1. The van der Waals surface area contributed by atoms with Crippen molar-refractivity contribution >= 4 is 21.9 Å². The van der Waals surface area contributed by atoms with Crippen molar-refractivity contribution < 1.29 is 0 Å². The van der Waals surface area contributed by atoms with E-state index in [9.17, 15) is 0 Å². The Labute approximate surface area is 153 Å². The fourth-order valence-corrected chi connectivity index (χ4v) is 3.51. The molecule has 0 N–H and O–H groups in total. The molecular formula is C22H22N4. The normalized spacial score (nSPS) is 11.8. The summed E-state index contributed by atoms with van der Waals surface area (Å²) in [6, 6.07) is 10.4. The minimum Gasteiger partial charge on any atom is -0.253 e. The van der Waals surface area contributed by atoms with Crippen molar-refractivity contribution in [1.29, 1.82) is 0 Å². The second kappa shape index (κ2) is 6.45. The van der Waals surface area contributed by atoms with Crippen LogP contribution in [-0.4, -0.2) is 19.9 Å². The number of aromatic nitrogens is 4. The molecule has 0 saturated carbocycles. The Morgan fingerprint density at radius 3 is 2.35 bits per heavy atom. The van der Waals surface area contributed by atoms with Gasteiger partial charge in [-0.05, 0) is 35.1 Å². The van der Waals surface area contributed by atoms with E-state index in [2.05, 4.69) is 66.9 Å². The van der Waals surface area contributed by atoms with Gasteiger partial charge in [-0.1, -0.05) is 45.9 Å². The number of hydrogen-bond acceptors (Lipinski definition) is 4. The molecule has 0 radical (unpaired) electrons. The standard InChI is InChI=1S/C22H22N4/c1-13(2)16-7-5-6-15-12-25-22(26-20(15)16)17-8-9-18-21(19(17)14(3)4)24-11-10-23-18/h5-14H,1-4H3. The highest BCUT2D eigenvalue weighted by Gasteiger charge is 2.17. The molecule has 0 fully saturated rings. The Morgan fingerprint density at radius 2 is 1.58 bits per heavy atom. The molecule has 2 heterocycles. The number of fused-ring (bicyclic) bond motifs is 2. The Hall–Kier alpha value is -2.88. The second-order valence-electron chi connectivity index (χ2n) is 7.24. The lowest BCUT2D eigenvalue weighted by Crippen LogP contribution is -2.01. The van der Waals surface area contributed by atoms with Crippen molar-refractivity contribution in [3.8, 4) is 11.4 Å². The fraction of sp³-hybridized carbons (Fsp3) is 0.273. The topological polar surface area (TPSA) is 51.6 Å². The predicted octanol–water partition coefficient (Wildman–Crippen LogP) is 5.49. The summed E-state index contributed by atoms with van der Waals surface area (Å²) in [5, 5.41) is 1.08. The summed E-state index contributed by atoms with van der Waals surface area (Å²) in [6.45, 7) is 8.74. The zero-order valence-electron chi connectivity index (χ0n) is 15.6. The molecule has 4 aromatic rings. The molecule has 4 heteroatoms. The second-order valence-corrected chi connectivity index (χ2v) is 7.24. The first-order valence-electron chi connectivity index (χ1n) is 9.06. The van der Waals surface area contributed by atoms with Gasteiger partial charge in [-0.15, -0.1) is 0 Å². The van der Waals surface area contributed by atoms with E-state index >= 15 is 0 Å². The molecule has 0 unspecified atom stereocenters. The molecule has 4 rings (SSSR count). The minimum atomic E-state index is 0.296. The van der Waals surface area contributed by atoms with E-state index in [1.807, 2.05) is 12.3 Å². The highest BCUT2D eigenvalue weighted by molar-refractivity contribution is 5.88. The lowest BCUT2D eigenvalue weighted by molar-refractivity contribution is 0.868. The summed E-state index contributed by atoms with van der Waals surface area (Å²) in [5.41, 5.74) is 6.30. The van der Waals surface area contributed by atoms with Crippen LogP contribution in [0, 0.1) is 0 Å². The van der Waals surface area contributed by atoms with Crippen LogP contribution in [0.2, 0.25) is 0 Å². The Balaban J connectivity index is 2.01. The lowest BCUT2D eigenvalue weighted by atomic mass is 9.94. The molecule has 2 aromatic carbocycles. The van der Waals surface area contributed by atoms with Crippen LogP contribution in [0.3, 0.4) is 0 Å². The van der Waals surface area contributed by atoms with Gasteiger partial charge in [0.15, 0.2) is 5.82 Å². The van der Waals surface area contributed by atoms with Crippen molar-refractivity contribution in [1.82, 2.24) is 19.9 Å². The van der Waals surface area contributed by atoms with Crippen LogP contribution < -0.4 is 0 Å². The maximum Gasteiger partial charge on any atom is 0.160 e. The van der Waals surface area contributed by atoms with Gasteiger partial charge in [-0.2, -0.15) is 0 Å². The van der Waals surface area contributed by atoms with Gasteiger partial charge in [0, 0.05) is 29.5 Å². The van der Waals surface area contributed by atoms with Crippen molar-refractivity contribution in [2.24, 2.45) is 0 Å².